The van der Waals surface area contributed by atoms with E-state index in [1.807, 2.05) is 0 Å². The number of rotatable bonds is 4. The van der Waals surface area contributed by atoms with Crippen molar-refractivity contribution >= 4 is 5.97 Å². The van der Waals surface area contributed by atoms with Gasteiger partial charge in [-0.2, -0.15) is 5.10 Å². The first-order chi connectivity index (χ1) is 12.3. The molecule has 2 heterocycles. The number of benzene rings is 1. The minimum Gasteiger partial charge on any atom is -0.477 e. The average Bonchev–Trinajstić information content (AvgIpc) is 3.01. The molecule has 0 fully saturated rings. The topological polar surface area (TPSA) is 77.1 Å². The van der Waals surface area contributed by atoms with Crippen LogP contribution in [-0.2, 0) is 7.05 Å². The van der Waals surface area contributed by atoms with Gasteiger partial charge >= 0.3 is 5.97 Å². The van der Waals surface area contributed by atoms with Crippen molar-refractivity contribution in [2.24, 2.45) is 7.05 Å². The summed E-state index contributed by atoms with van der Waals surface area (Å²) in [5.41, 5.74) is -0.684. The largest absolute Gasteiger partial charge is 0.477 e. The second-order valence-corrected chi connectivity index (χ2v) is 5.75. The molecular weight excluding hydrogens is 344 g/mol. The highest BCUT2D eigenvalue weighted by molar-refractivity contribution is 5.89. The van der Waals surface area contributed by atoms with Crippen LogP contribution in [0, 0.1) is 6.92 Å². The Hall–Kier alpha value is -3.29. The summed E-state index contributed by atoms with van der Waals surface area (Å²) in [5, 5.41) is 13.4. The average molecular weight is 359 g/mol. The number of aromatic carboxylic acids is 1. The molecule has 0 saturated heterocycles. The van der Waals surface area contributed by atoms with E-state index in [2.05, 4.69) is 5.10 Å². The van der Waals surface area contributed by atoms with Crippen LogP contribution in [-0.4, -0.2) is 25.4 Å². The van der Waals surface area contributed by atoms with Crippen molar-refractivity contribution < 1.29 is 18.7 Å². The zero-order valence-electron chi connectivity index (χ0n) is 14.0. The molecule has 1 aromatic carbocycles. The van der Waals surface area contributed by atoms with E-state index in [4.69, 9.17) is 0 Å². The number of carboxylic acids is 1. The van der Waals surface area contributed by atoms with Gasteiger partial charge in [-0.1, -0.05) is 18.2 Å². The maximum atomic E-state index is 13.0. The van der Waals surface area contributed by atoms with E-state index in [1.54, 1.807) is 20.0 Å². The lowest BCUT2D eigenvalue weighted by molar-refractivity contribution is 0.0694. The Morgan fingerprint density at radius 3 is 2.58 bits per heavy atom. The SMILES string of the molecule is Cc1c(-c2cccc(C(F)F)c2)c(=O)c(C(=O)O)cn1-c1ccnn1C. The summed E-state index contributed by atoms with van der Waals surface area (Å²) in [6.45, 7) is 1.63. The summed E-state index contributed by atoms with van der Waals surface area (Å²) in [6, 6.07) is 7.03. The molecule has 0 unspecified atom stereocenters. The highest BCUT2D eigenvalue weighted by atomic mass is 19.3. The molecule has 134 valence electrons. The molecule has 0 spiro atoms. The molecule has 26 heavy (non-hydrogen) atoms. The molecule has 0 bridgehead atoms. The van der Waals surface area contributed by atoms with E-state index in [1.165, 1.54) is 45.9 Å². The van der Waals surface area contributed by atoms with Gasteiger partial charge in [0.1, 0.15) is 11.4 Å². The summed E-state index contributed by atoms with van der Waals surface area (Å²) >= 11 is 0. The van der Waals surface area contributed by atoms with E-state index in [0.29, 0.717) is 11.5 Å². The lowest BCUT2D eigenvalue weighted by atomic mass is 9.99. The highest BCUT2D eigenvalue weighted by Gasteiger charge is 2.21. The van der Waals surface area contributed by atoms with E-state index < -0.39 is 23.4 Å². The zero-order valence-corrected chi connectivity index (χ0v) is 14.0. The van der Waals surface area contributed by atoms with Crippen LogP contribution in [0.2, 0.25) is 0 Å². The Balaban J connectivity index is 2.36. The maximum Gasteiger partial charge on any atom is 0.341 e. The van der Waals surface area contributed by atoms with Crippen molar-refractivity contribution in [3.63, 3.8) is 0 Å². The van der Waals surface area contributed by atoms with Crippen molar-refractivity contribution in [2.45, 2.75) is 13.3 Å². The van der Waals surface area contributed by atoms with Crippen LogP contribution in [0.3, 0.4) is 0 Å². The van der Waals surface area contributed by atoms with Crippen LogP contribution in [0.15, 0.2) is 47.5 Å². The third kappa shape index (κ3) is 2.90. The van der Waals surface area contributed by atoms with Crippen molar-refractivity contribution in [1.82, 2.24) is 14.3 Å². The Morgan fingerprint density at radius 1 is 1.27 bits per heavy atom. The van der Waals surface area contributed by atoms with Gasteiger partial charge in [-0.05, 0) is 18.6 Å². The van der Waals surface area contributed by atoms with Crippen molar-refractivity contribution in [3.8, 4) is 16.9 Å². The molecule has 1 N–H and O–H groups in total. The van der Waals surface area contributed by atoms with E-state index in [9.17, 15) is 23.5 Å². The number of hydrogen-bond donors (Lipinski definition) is 1. The first-order valence-corrected chi connectivity index (χ1v) is 7.67. The van der Waals surface area contributed by atoms with Crippen LogP contribution in [0.25, 0.3) is 16.9 Å². The smallest absolute Gasteiger partial charge is 0.341 e. The molecule has 0 aliphatic heterocycles. The number of alkyl halides is 2. The summed E-state index contributed by atoms with van der Waals surface area (Å²) < 4.78 is 29.1. The van der Waals surface area contributed by atoms with Gasteiger partial charge in [0.2, 0.25) is 5.43 Å². The van der Waals surface area contributed by atoms with Crippen molar-refractivity contribution in [3.05, 3.63) is 69.8 Å². The number of pyridine rings is 1. The second kappa shape index (κ2) is 6.55. The van der Waals surface area contributed by atoms with Gasteiger partial charge in [0, 0.05) is 36.1 Å². The molecule has 0 radical (unpaired) electrons. The second-order valence-electron chi connectivity index (χ2n) is 5.75. The Morgan fingerprint density at radius 2 is 2.00 bits per heavy atom. The van der Waals surface area contributed by atoms with Crippen LogP contribution in [0.4, 0.5) is 8.78 Å². The monoisotopic (exact) mass is 359 g/mol. The van der Waals surface area contributed by atoms with Gasteiger partial charge in [-0.25, -0.2) is 13.6 Å². The fourth-order valence-electron chi connectivity index (χ4n) is 2.87. The van der Waals surface area contributed by atoms with E-state index in [0.717, 1.165) is 0 Å². The van der Waals surface area contributed by atoms with Gasteiger partial charge in [0.15, 0.2) is 0 Å². The van der Waals surface area contributed by atoms with Gasteiger partial charge < -0.3 is 9.67 Å². The van der Waals surface area contributed by atoms with Gasteiger partial charge in [-0.15, -0.1) is 0 Å². The number of hydrogen-bond acceptors (Lipinski definition) is 3. The minimum absolute atomic E-state index is 0.0635. The van der Waals surface area contributed by atoms with Gasteiger partial charge in [0.05, 0.1) is 6.20 Å². The number of halogens is 2. The van der Waals surface area contributed by atoms with Crippen molar-refractivity contribution in [2.75, 3.05) is 0 Å². The quantitative estimate of drug-likeness (QED) is 0.776. The normalized spacial score (nSPS) is 11.1. The molecule has 8 heteroatoms. The summed E-state index contributed by atoms with van der Waals surface area (Å²) in [6.07, 6.45) is 0.0548. The predicted molar refractivity (Wildman–Crippen MR) is 90.9 cm³/mol. The Kier molecular flexibility index (Phi) is 4.41. The van der Waals surface area contributed by atoms with Gasteiger partial charge in [0.25, 0.3) is 6.43 Å². The first-order valence-electron chi connectivity index (χ1n) is 7.67. The Bertz CT molecular complexity index is 1050. The minimum atomic E-state index is -2.70. The highest BCUT2D eigenvalue weighted by Crippen LogP contribution is 2.27. The third-order valence-corrected chi connectivity index (χ3v) is 4.15. The molecule has 3 rings (SSSR count). The molecular formula is C18H15F2N3O3. The van der Waals surface area contributed by atoms with E-state index in [-0.39, 0.29) is 16.7 Å². The molecule has 0 aliphatic rings. The van der Waals surface area contributed by atoms with E-state index >= 15 is 0 Å². The van der Waals surface area contributed by atoms with Crippen LogP contribution in [0.5, 0.6) is 0 Å². The molecule has 0 atom stereocenters. The molecule has 0 amide bonds. The lowest BCUT2D eigenvalue weighted by Gasteiger charge is -2.16. The standard InChI is InChI=1S/C18H15F2N3O3/c1-10-15(11-4-3-5-12(8-11)17(19)20)16(24)13(18(25)26)9-23(10)14-6-7-21-22(14)2/h3-9,17H,1-2H3,(H,25,26). The van der Waals surface area contributed by atoms with Crippen LogP contribution in [0.1, 0.15) is 28.0 Å². The lowest BCUT2D eigenvalue weighted by Crippen LogP contribution is -2.22. The number of aromatic nitrogens is 3. The molecule has 6 nitrogen and oxygen atoms in total. The first kappa shape index (κ1) is 17.5. The summed E-state index contributed by atoms with van der Waals surface area (Å²) in [4.78, 5) is 24.3. The van der Waals surface area contributed by atoms with Crippen LogP contribution < -0.4 is 5.43 Å². The fourth-order valence-corrected chi connectivity index (χ4v) is 2.87. The third-order valence-electron chi connectivity index (χ3n) is 4.15. The number of carboxylic acid groups (broad SMARTS) is 1. The fraction of sp³-hybridized carbons (Fsp3) is 0.167. The number of carbonyl (C=O) groups is 1. The number of nitrogens with zero attached hydrogens (tertiary/aromatic N) is 3. The molecule has 3 aromatic rings. The molecule has 0 aliphatic carbocycles. The van der Waals surface area contributed by atoms with Crippen molar-refractivity contribution in [1.29, 1.82) is 0 Å². The summed E-state index contributed by atoms with van der Waals surface area (Å²) in [7, 11) is 1.67. The Labute approximate surface area is 146 Å². The molecule has 2 aromatic heterocycles. The van der Waals surface area contributed by atoms with Gasteiger partial charge in [-0.3, -0.25) is 9.48 Å². The van der Waals surface area contributed by atoms with Crippen LogP contribution >= 0.6 is 0 Å². The zero-order chi connectivity index (χ0) is 19.0. The maximum absolute atomic E-state index is 13.0. The number of aryl methyl sites for hydroxylation is 1. The molecule has 0 saturated carbocycles. The predicted octanol–water partition coefficient (Wildman–Crippen LogP) is 3.18. The summed E-state index contributed by atoms with van der Waals surface area (Å²) in [5.74, 6) is -0.853.